The van der Waals surface area contributed by atoms with E-state index in [1.165, 1.54) is 38.5 Å². The van der Waals surface area contributed by atoms with Crippen molar-refractivity contribution in [3.05, 3.63) is 12.2 Å². The number of allylic oxidation sites excluding steroid dienone is 2. The third-order valence-electron chi connectivity index (χ3n) is 8.18. The minimum atomic E-state index is 0.301. The van der Waals surface area contributed by atoms with Crippen LogP contribution in [0.25, 0.3) is 0 Å². The van der Waals surface area contributed by atoms with E-state index in [2.05, 4.69) is 26.8 Å². The van der Waals surface area contributed by atoms with Crippen LogP contribution in [-0.4, -0.2) is 5.78 Å². The van der Waals surface area contributed by atoms with E-state index in [0.717, 1.165) is 30.1 Å². The first-order chi connectivity index (χ1) is 9.94. The summed E-state index contributed by atoms with van der Waals surface area (Å²) in [5.74, 6) is 4.48. The predicted octanol–water partition coefficient (Wildman–Crippen LogP) is 5.01. The summed E-state index contributed by atoms with van der Waals surface area (Å²) in [6.45, 7) is 7.54. The van der Waals surface area contributed by atoms with Crippen molar-refractivity contribution in [3.8, 4) is 0 Å². The zero-order valence-corrected chi connectivity index (χ0v) is 13.9. The molecule has 2 unspecified atom stereocenters. The molecule has 7 atom stereocenters. The van der Waals surface area contributed by atoms with Gasteiger partial charge >= 0.3 is 0 Å². The fourth-order valence-corrected chi connectivity index (χ4v) is 7.01. The fraction of sp³-hybridized carbons (Fsp3) is 0.850. The van der Waals surface area contributed by atoms with Gasteiger partial charge in [0.25, 0.3) is 0 Å². The van der Waals surface area contributed by atoms with Crippen molar-refractivity contribution >= 4 is 5.78 Å². The van der Waals surface area contributed by atoms with Crippen LogP contribution in [0, 0.1) is 40.4 Å². The molecule has 0 aromatic carbocycles. The maximum Gasteiger partial charge on any atom is 0.155 e. The highest BCUT2D eigenvalue weighted by Crippen LogP contribution is 2.66. The Morgan fingerprint density at radius 3 is 2.76 bits per heavy atom. The summed E-state index contributed by atoms with van der Waals surface area (Å²) in [7, 11) is 0. The lowest BCUT2D eigenvalue weighted by Crippen LogP contribution is -2.54. The molecule has 0 N–H and O–H groups in total. The minimum absolute atomic E-state index is 0.301. The van der Waals surface area contributed by atoms with E-state index in [-0.39, 0.29) is 0 Å². The van der Waals surface area contributed by atoms with Crippen LogP contribution < -0.4 is 0 Å². The lowest BCUT2D eigenvalue weighted by Gasteiger charge is -2.60. The van der Waals surface area contributed by atoms with Gasteiger partial charge in [0, 0.05) is 6.42 Å². The molecule has 4 aliphatic rings. The summed E-state index contributed by atoms with van der Waals surface area (Å²) in [5.41, 5.74) is 0.932. The number of carbonyl (C=O) groups is 1. The number of rotatable bonds is 0. The van der Waals surface area contributed by atoms with Crippen LogP contribution in [0.2, 0.25) is 0 Å². The van der Waals surface area contributed by atoms with Gasteiger partial charge in [0.15, 0.2) is 5.78 Å². The van der Waals surface area contributed by atoms with Gasteiger partial charge in [-0.3, -0.25) is 4.79 Å². The topological polar surface area (TPSA) is 17.1 Å². The van der Waals surface area contributed by atoms with Crippen molar-refractivity contribution in [2.75, 3.05) is 0 Å². The number of hydrogen-bond donors (Lipinski definition) is 0. The van der Waals surface area contributed by atoms with E-state index in [9.17, 15) is 4.79 Å². The molecule has 0 spiro atoms. The van der Waals surface area contributed by atoms with Crippen molar-refractivity contribution in [1.82, 2.24) is 0 Å². The largest absolute Gasteiger partial charge is 0.295 e. The second kappa shape index (κ2) is 4.46. The molecule has 0 saturated heterocycles. The first kappa shape index (κ1) is 14.0. The number of hydrogen-bond acceptors (Lipinski definition) is 1. The Balaban J connectivity index is 1.73. The molecule has 3 saturated carbocycles. The van der Waals surface area contributed by atoms with E-state index in [1.54, 1.807) is 0 Å². The zero-order chi connectivity index (χ0) is 14.8. The van der Waals surface area contributed by atoms with Gasteiger partial charge in [0.1, 0.15) is 0 Å². The third kappa shape index (κ3) is 1.85. The molecular weight excluding hydrogens is 256 g/mol. The number of ketones is 1. The Labute approximate surface area is 129 Å². The average molecular weight is 286 g/mol. The maximum atomic E-state index is 11.9. The SMILES string of the molecule is CC1CC2CC(=O)C=C[C@]2(C)[C@@H]2CC[C@]3(C)CCC[C@H]3[C@H]12. The molecule has 0 aromatic rings. The second-order valence-electron chi connectivity index (χ2n) is 9.15. The highest BCUT2D eigenvalue weighted by atomic mass is 16.1. The molecule has 116 valence electrons. The van der Waals surface area contributed by atoms with Gasteiger partial charge in [-0.2, -0.15) is 0 Å². The molecule has 1 heteroatoms. The van der Waals surface area contributed by atoms with Gasteiger partial charge in [-0.1, -0.05) is 33.3 Å². The Hall–Kier alpha value is -0.590. The molecule has 4 aliphatic carbocycles. The van der Waals surface area contributed by atoms with E-state index in [0.29, 0.717) is 22.5 Å². The van der Waals surface area contributed by atoms with Gasteiger partial charge in [-0.25, -0.2) is 0 Å². The molecule has 0 bridgehead atoms. The normalized spacial score (nSPS) is 55.8. The van der Waals surface area contributed by atoms with Crippen LogP contribution in [0.4, 0.5) is 0 Å². The van der Waals surface area contributed by atoms with E-state index in [1.807, 2.05) is 6.08 Å². The Kier molecular flexibility index (Phi) is 2.98. The van der Waals surface area contributed by atoms with Crippen LogP contribution in [-0.2, 0) is 4.79 Å². The molecule has 0 aromatic heterocycles. The molecule has 0 aliphatic heterocycles. The molecule has 1 nitrogen and oxygen atoms in total. The molecule has 21 heavy (non-hydrogen) atoms. The summed E-state index contributed by atoms with van der Waals surface area (Å²) in [5, 5.41) is 0. The third-order valence-corrected chi connectivity index (χ3v) is 8.18. The lowest BCUT2D eigenvalue weighted by atomic mass is 9.44. The Morgan fingerprint density at radius 2 is 1.95 bits per heavy atom. The van der Waals surface area contributed by atoms with Gasteiger partial charge in [0.05, 0.1) is 0 Å². The van der Waals surface area contributed by atoms with Gasteiger partial charge in [-0.05, 0) is 78.6 Å². The summed E-state index contributed by atoms with van der Waals surface area (Å²) >= 11 is 0. The van der Waals surface area contributed by atoms with E-state index >= 15 is 0 Å². The smallest absolute Gasteiger partial charge is 0.155 e. The Morgan fingerprint density at radius 1 is 1.14 bits per heavy atom. The summed E-state index contributed by atoms with van der Waals surface area (Å²) in [6, 6.07) is 0. The summed E-state index contributed by atoms with van der Waals surface area (Å²) < 4.78 is 0. The summed E-state index contributed by atoms with van der Waals surface area (Å²) in [6.07, 6.45) is 13.5. The highest BCUT2D eigenvalue weighted by molar-refractivity contribution is 5.91. The standard InChI is InChI=1S/C20H30O/c1-13-11-14-12-15(21)6-10-20(14,3)17-7-9-19(2)8-4-5-16(19)18(13)17/h6,10,13-14,16-18H,4-5,7-9,11-12H2,1-3H3/t13?,14?,16-,17+,18-,19-,20-/m0/s1. The quantitative estimate of drug-likeness (QED) is 0.611. The van der Waals surface area contributed by atoms with Gasteiger partial charge in [0.2, 0.25) is 0 Å². The van der Waals surface area contributed by atoms with Crippen LogP contribution in [0.1, 0.15) is 65.7 Å². The van der Waals surface area contributed by atoms with Crippen LogP contribution in [0.5, 0.6) is 0 Å². The van der Waals surface area contributed by atoms with Crippen molar-refractivity contribution in [2.24, 2.45) is 40.4 Å². The molecule has 0 amide bonds. The van der Waals surface area contributed by atoms with Crippen molar-refractivity contribution in [2.45, 2.75) is 65.7 Å². The fourth-order valence-electron chi connectivity index (χ4n) is 7.01. The highest BCUT2D eigenvalue weighted by Gasteiger charge is 2.58. The summed E-state index contributed by atoms with van der Waals surface area (Å²) in [4.78, 5) is 11.9. The monoisotopic (exact) mass is 286 g/mol. The minimum Gasteiger partial charge on any atom is -0.295 e. The van der Waals surface area contributed by atoms with Gasteiger partial charge < -0.3 is 0 Å². The predicted molar refractivity (Wildman–Crippen MR) is 85.8 cm³/mol. The lowest BCUT2D eigenvalue weighted by molar-refractivity contribution is -0.125. The van der Waals surface area contributed by atoms with Crippen molar-refractivity contribution in [1.29, 1.82) is 0 Å². The molecule has 4 rings (SSSR count). The average Bonchev–Trinajstić information content (AvgIpc) is 2.82. The first-order valence-corrected chi connectivity index (χ1v) is 9.16. The molecule has 3 fully saturated rings. The van der Waals surface area contributed by atoms with Crippen LogP contribution in [0.15, 0.2) is 12.2 Å². The maximum absolute atomic E-state index is 11.9. The van der Waals surface area contributed by atoms with Gasteiger partial charge in [-0.15, -0.1) is 0 Å². The molecule has 0 heterocycles. The van der Waals surface area contributed by atoms with Crippen molar-refractivity contribution in [3.63, 3.8) is 0 Å². The number of fused-ring (bicyclic) bond motifs is 5. The van der Waals surface area contributed by atoms with E-state index in [4.69, 9.17) is 0 Å². The number of carbonyl (C=O) groups excluding carboxylic acids is 1. The zero-order valence-electron chi connectivity index (χ0n) is 13.9. The molecular formula is C20H30O. The van der Waals surface area contributed by atoms with Crippen molar-refractivity contribution < 1.29 is 4.79 Å². The first-order valence-electron chi connectivity index (χ1n) is 9.16. The second-order valence-corrected chi connectivity index (χ2v) is 9.15. The van der Waals surface area contributed by atoms with E-state index < -0.39 is 0 Å². The molecule has 0 radical (unpaired) electrons. The van der Waals surface area contributed by atoms with Crippen LogP contribution in [0.3, 0.4) is 0 Å². The Bertz CT molecular complexity index is 492. The van der Waals surface area contributed by atoms with Crippen LogP contribution >= 0.6 is 0 Å².